The zero-order valence-corrected chi connectivity index (χ0v) is 20.4. The van der Waals surface area contributed by atoms with Crippen molar-refractivity contribution in [2.45, 2.75) is 52.0 Å². The van der Waals surface area contributed by atoms with Crippen molar-refractivity contribution in [1.82, 2.24) is 15.3 Å². The number of aromatic nitrogens is 2. The van der Waals surface area contributed by atoms with Crippen molar-refractivity contribution in [2.75, 3.05) is 41.3 Å². The lowest BCUT2D eigenvalue weighted by Crippen LogP contribution is -2.36. The molecule has 6 nitrogen and oxygen atoms in total. The first kappa shape index (κ1) is 23.1. The lowest BCUT2D eigenvalue weighted by atomic mass is 10.0. The van der Waals surface area contributed by atoms with Crippen molar-refractivity contribution < 1.29 is 0 Å². The van der Waals surface area contributed by atoms with Crippen molar-refractivity contribution in [3.8, 4) is 0 Å². The number of thiocarbonyl (C=S) groups is 1. The molecule has 8 heteroatoms. The van der Waals surface area contributed by atoms with Gasteiger partial charge in [0.15, 0.2) is 5.11 Å². The monoisotopic (exact) mass is 472 g/mol. The van der Waals surface area contributed by atoms with Crippen LogP contribution in [0.15, 0.2) is 30.3 Å². The summed E-state index contributed by atoms with van der Waals surface area (Å²) in [6.07, 6.45) is 7.50. The summed E-state index contributed by atoms with van der Waals surface area (Å²) in [6.45, 7) is 7.11. The van der Waals surface area contributed by atoms with Gasteiger partial charge in [0.25, 0.3) is 0 Å². The number of hydrogen-bond donors (Lipinski definition) is 2. The van der Waals surface area contributed by atoms with E-state index in [0.29, 0.717) is 23.5 Å². The fourth-order valence-corrected chi connectivity index (χ4v) is 4.72. The number of nitrogens with one attached hydrogen (secondary N) is 2. The topological polar surface area (TPSA) is 56.3 Å². The molecule has 1 aromatic heterocycles. The van der Waals surface area contributed by atoms with Gasteiger partial charge in [0, 0.05) is 43.8 Å². The number of rotatable bonds is 5. The third kappa shape index (κ3) is 6.45. The van der Waals surface area contributed by atoms with Crippen LogP contribution in [0, 0.1) is 5.92 Å². The van der Waals surface area contributed by atoms with Gasteiger partial charge in [-0.15, -0.1) is 0 Å². The molecule has 172 valence electrons. The lowest BCUT2D eigenvalue weighted by Gasteiger charge is -2.33. The minimum Gasteiger partial charge on any atom is -0.358 e. The molecule has 4 rings (SSSR count). The third-order valence-electron chi connectivity index (χ3n) is 6.20. The second-order valence-corrected chi connectivity index (χ2v) is 9.78. The molecule has 1 atom stereocenters. The van der Waals surface area contributed by atoms with Gasteiger partial charge in [-0.3, -0.25) is 0 Å². The Hall–Kier alpha value is -2.12. The average molecular weight is 473 g/mol. The predicted molar refractivity (Wildman–Crippen MR) is 138 cm³/mol. The van der Waals surface area contributed by atoms with Gasteiger partial charge in [-0.05, 0) is 61.5 Å². The zero-order chi connectivity index (χ0) is 22.3. The fraction of sp³-hybridized carbons (Fsp3) is 0.542. The first-order valence-corrected chi connectivity index (χ1v) is 12.5. The quantitative estimate of drug-likeness (QED) is 0.577. The zero-order valence-electron chi connectivity index (χ0n) is 18.8. The highest BCUT2D eigenvalue weighted by atomic mass is 35.5. The van der Waals surface area contributed by atoms with E-state index in [9.17, 15) is 0 Å². The van der Waals surface area contributed by atoms with Crippen molar-refractivity contribution >= 4 is 46.5 Å². The standard InChI is InChI=1S/C24H33ClN6S/c1-18-7-6-14-31(17-18)22-15-21(30-12-4-2-3-5-13-30)27-23(28-22)29-24(32)26-16-19-8-10-20(25)11-9-19/h8-11,15,18H,2-7,12-14,16-17H2,1H3,(H2,26,27,28,29,32)/t18-/m1/s1. The van der Waals surface area contributed by atoms with E-state index in [2.05, 4.69) is 33.4 Å². The van der Waals surface area contributed by atoms with E-state index >= 15 is 0 Å². The molecule has 32 heavy (non-hydrogen) atoms. The second kappa shape index (κ2) is 11.1. The van der Waals surface area contributed by atoms with Gasteiger partial charge >= 0.3 is 0 Å². The summed E-state index contributed by atoms with van der Waals surface area (Å²) >= 11 is 11.5. The highest BCUT2D eigenvalue weighted by Gasteiger charge is 2.21. The van der Waals surface area contributed by atoms with Gasteiger partial charge in [-0.1, -0.05) is 43.5 Å². The van der Waals surface area contributed by atoms with Crippen molar-refractivity contribution in [3.63, 3.8) is 0 Å². The van der Waals surface area contributed by atoms with Crippen LogP contribution < -0.4 is 20.4 Å². The van der Waals surface area contributed by atoms with Gasteiger partial charge < -0.3 is 20.4 Å². The lowest BCUT2D eigenvalue weighted by molar-refractivity contribution is 0.444. The normalized spacial score (nSPS) is 19.4. The second-order valence-electron chi connectivity index (χ2n) is 8.94. The van der Waals surface area contributed by atoms with Crippen LogP contribution in [0.1, 0.15) is 51.0 Å². The summed E-state index contributed by atoms with van der Waals surface area (Å²) in [6, 6.07) is 9.91. The molecule has 3 heterocycles. The number of hydrogen-bond acceptors (Lipinski definition) is 5. The number of halogens is 1. The van der Waals surface area contributed by atoms with Crippen molar-refractivity contribution in [3.05, 3.63) is 40.9 Å². The highest BCUT2D eigenvalue weighted by molar-refractivity contribution is 7.80. The maximum absolute atomic E-state index is 5.98. The van der Waals surface area contributed by atoms with Crippen LogP contribution in [0.25, 0.3) is 0 Å². The van der Waals surface area contributed by atoms with Gasteiger partial charge in [0.05, 0.1) is 0 Å². The van der Waals surface area contributed by atoms with Crippen molar-refractivity contribution in [1.29, 1.82) is 0 Å². The Morgan fingerprint density at radius 3 is 2.34 bits per heavy atom. The first-order chi connectivity index (χ1) is 15.6. The number of piperidine rings is 1. The van der Waals surface area contributed by atoms with Gasteiger partial charge in [0.2, 0.25) is 5.95 Å². The van der Waals surface area contributed by atoms with Gasteiger partial charge in [-0.25, -0.2) is 0 Å². The van der Waals surface area contributed by atoms with E-state index < -0.39 is 0 Å². The third-order valence-corrected chi connectivity index (χ3v) is 6.70. The van der Waals surface area contributed by atoms with Crippen LogP contribution in [0.5, 0.6) is 0 Å². The van der Waals surface area contributed by atoms with E-state index in [-0.39, 0.29) is 0 Å². The molecular formula is C24H33ClN6S. The molecule has 0 amide bonds. The predicted octanol–water partition coefficient (Wildman–Crippen LogP) is 5.23. The summed E-state index contributed by atoms with van der Waals surface area (Å²) < 4.78 is 0. The Balaban J connectivity index is 1.49. The molecule has 0 spiro atoms. The van der Waals surface area contributed by atoms with E-state index in [1.807, 2.05) is 24.3 Å². The fourth-order valence-electron chi connectivity index (χ4n) is 4.43. The Morgan fingerprint density at radius 1 is 1.00 bits per heavy atom. The molecule has 2 N–H and O–H groups in total. The molecule has 0 radical (unpaired) electrons. The molecule has 0 aliphatic carbocycles. The van der Waals surface area contributed by atoms with E-state index in [1.54, 1.807) is 0 Å². The Morgan fingerprint density at radius 2 is 1.66 bits per heavy atom. The number of benzene rings is 1. The minimum absolute atomic E-state index is 0.519. The molecule has 0 saturated carbocycles. The van der Waals surface area contributed by atoms with Crippen LogP contribution in [-0.2, 0) is 6.54 Å². The molecule has 2 aromatic rings. The Labute approximate surface area is 201 Å². The van der Waals surface area contributed by atoms with Crippen LogP contribution >= 0.6 is 23.8 Å². The Bertz CT molecular complexity index is 878. The van der Waals surface area contributed by atoms with Gasteiger partial charge in [-0.2, -0.15) is 9.97 Å². The molecule has 0 bridgehead atoms. The average Bonchev–Trinajstić information content (AvgIpc) is 3.08. The van der Waals surface area contributed by atoms with E-state index in [0.717, 1.165) is 48.4 Å². The molecule has 2 aliphatic rings. The molecular weight excluding hydrogens is 440 g/mol. The Kier molecular flexibility index (Phi) is 8.03. The van der Waals surface area contributed by atoms with Crippen LogP contribution in [0.3, 0.4) is 0 Å². The van der Waals surface area contributed by atoms with Crippen LogP contribution in [0.4, 0.5) is 17.6 Å². The summed E-state index contributed by atoms with van der Waals surface area (Å²) in [5, 5.41) is 7.73. The summed E-state index contributed by atoms with van der Waals surface area (Å²) in [5.41, 5.74) is 1.11. The van der Waals surface area contributed by atoms with Crippen LogP contribution in [0.2, 0.25) is 5.02 Å². The number of nitrogens with zero attached hydrogens (tertiary/aromatic N) is 4. The SMILES string of the molecule is C[C@@H]1CCCN(c2cc(N3CCCCCC3)nc(NC(=S)NCc3ccc(Cl)cc3)n2)C1. The van der Waals surface area contributed by atoms with Gasteiger partial charge in [0.1, 0.15) is 11.6 Å². The van der Waals surface area contributed by atoms with Crippen LogP contribution in [-0.4, -0.2) is 41.3 Å². The van der Waals surface area contributed by atoms with E-state index in [4.69, 9.17) is 33.8 Å². The maximum atomic E-state index is 5.98. The highest BCUT2D eigenvalue weighted by Crippen LogP contribution is 2.27. The smallest absolute Gasteiger partial charge is 0.232 e. The summed E-state index contributed by atoms with van der Waals surface area (Å²) in [5.74, 6) is 3.24. The molecule has 2 aliphatic heterocycles. The molecule has 2 fully saturated rings. The minimum atomic E-state index is 0.519. The molecule has 1 aromatic carbocycles. The molecule has 2 saturated heterocycles. The summed E-state index contributed by atoms with van der Waals surface area (Å²) in [7, 11) is 0. The number of anilines is 3. The van der Waals surface area contributed by atoms with E-state index in [1.165, 1.54) is 38.5 Å². The molecule has 0 unspecified atom stereocenters. The largest absolute Gasteiger partial charge is 0.358 e. The first-order valence-electron chi connectivity index (χ1n) is 11.7. The maximum Gasteiger partial charge on any atom is 0.232 e. The summed E-state index contributed by atoms with van der Waals surface area (Å²) in [4.78, 5) is 14.5. The van der Waals surface area contributed by atoms with Crippen molar-refractivity contribution in [2.24, 2.45) is 5.92 Å².